The summed E-state index contributed by atoms with van der Waals surface area (Å²) >= 11 is 0. The van der Waals surface area contributed by atoms with Gasteiger partial charge in [-0.25, -0.2) is 0 Å². The summed E-state index contributed by atoms with van der Waals surface area (Å²) in [6.07, 6.45) is 5.55. The normalized spacial score (nSPS) is 30.0. The molecule has 4 heteroatoms. The Kier molecular flexibility index (Phi) is 5.10. The van der Waals surface area contributed by atoms with Gasteiger partial charge in [-0.2, -0.15) is 0 Å². The topological polar surface area (TPSA) is 27.7 Å². The van der Waals surface area contributed by atoms with Crippen molar-refractivity contribution < 1.29 is 4.74 Å². The molecule has 110 valence electrons. The van der Waals surface area contributed by atoms with Gasteiger partial charge < -0.3 is 15.0 Å². The predicted molar refractivity (Wildman–Crippen MR) is 77.4 cm³/mol. The van der Waals surface area contributed by atoms with Crippen molar-refractivity contribution in [2.24, 2.45) is 5.92 Å². The van der Waals surface area contributed by atoms with Crippen LogP contribution >= 0.6 is 0 Å². The van der Waals surface area contributed by atoms with Crippen LogP contribution in [0.25, 0.3) is 0 Å². The van der Waals surface area contributed by atoms with E-state index in [4.69, 9.17) is 4.74 Å². The third-order valence-corrected chi connectivity index (χ3v) is 4.69. The molecule has 4 nitrogen and oxygen atoms in total. The maximum Gasteiger partial charge on any atom is 0.0594 e. The second-order valence-corrected chi connectivity index (χ2v) is 6.45. The Morgan fingerprint density at radius 1 is 0.947 bits per heavy atom. The molecule has 1 aliphatic carbocycles. The van der Waals surface area contributed by atoms with Gasteiger partial charge in [0, 0.05) is 25.7 Å². The number of hydrogen-bond acceptors (Lipinski definition) is 4. The van der Waals surface area contributed by atoms with Crippen molar-refractivity contribution in [2.75, 3.05) is 59.0 Å². The summed E-state index contributed by atoms with van der Waals surface area (Å²) in [5.41, 5.74) is 0. The molecule has 2 saturated heterocycles. The molecule has 0 aromatic heterocycles. The third kappa shape index (κ3) is 4.71. The molecule has 19 heavy (non-hydrogen) atoms. The van der Waals surface area contributed by atoms with Crippen LogP contribution in [0.4, 0.5) is 0 Å². The van der Waals surface area contributed by atoms with Gasteiger partial charge >= 0.3 is 0 Å². The van der Waals surface area contributed by atoms with Crippen molar-refractivity contribution in [1.29, 1.82) is 0 Å². The third-order valence-electron chi connectivity index (χ3n) is 4.69. The van der Waals surface area contributed by atoms with E-state index in [0.29, 0.717) is 0 Å². The van der Waals surface area contributed by atoms with Gasteiger partial charge in [0.2, 0.25) is 0 Å². The highest BCUT2D eigenvalue weighted by Gasteiger charge is 2.26. The van der Waals surface area contributed by atoms with E-state index in [9.17, 15) is 0 Å². The molecule has 0 bridgehead atoms. The fourth-order valence-electron chi connectivity index (χ4n) is 3.25. The van der Waals surface area contributed by atoms with E-state index in [-0.39, 0.29) is 0 Å². The van der Waals surface area contributed by atoms with Gasteiger partial charge in [-0.3, -0.25) is 4.90 Å². The predicted octanol–water partition coefficient (Wildman–Crippen LogP) is 0.783. The average molecular weight is 267 g/mol. The Bertz CT molecular complexity index is 264. The molecule has 2 aliphatic heterocycles. The highest BCUT2D eigenvalue weighted by molar-refractivity contribution is 4.84. The zero-order valence-electron chi connectivity index (χ0n) is 12.1. The SMILES string of the molecule is C(CN1CCOCC1)CN1CCC(CNC2CC2)C1. The summed E-state index contributed by atoms with van der Waals surface area (Å²) < 4.78 is 5.39. The van der Waals surface area contributed by atoms with Gasteiger partial charge in [0.1, 0.15) is 0 Å². The average Bonchev–Trinajstić information content (AvgIpc) is 3.17. The number of hydrogen-bond donors (Lipinski definition) is 1. The van der Waals surface area contributed by atoms with Crippen molar-refractivity contribution in [1.82, 2.24) is 15.1 Å². The monoisotopic (exact) mass is 267 g/mol. The quantitative estimate of drug-likeness (QED) is 0.738. The first-order valence-corrected chi connectivity index (χ1v) is 8.16. The molecule has 3 rings (SSSR count). The fraction of sp³-hybridized carbons (Fsp3) is 1.00. The summed E-state index contributed by atoms with van der Waals surface area (Å²) in [5, 5.41) is 3.68. The largest absolute Gasteiger partial charge is 0.379 e. The minimum Gasteiger partial charge on any atom is -0.379 e. The minimum absolute atomic E-state index is 0.871. The minimum atomic E-state index is 0.871. The first kappa shape index (κ1) is 13.8. The number of ether oxygens (including phenoxy) is 1. The second-order valence-electron chi connectivity index (χ2n) is 6.45. The number of rotatable bonds is 7. The Balaban J connectivity index is 1.24. The second kappa shape index (κ2) is 7.02. The van der Waals surface area contributed by atoms with E-state index in [0.717, 1.165) is 38.3 Å². The number of likely N-dealkylation sites (tertiary alicyclic amines) is 1. The lowest BCUT2D eigenvalue weighted by Gasteiger charge is -2.27. The lowest BCUT2D eigenvalue weighted by atomic mass is 10.1. The molecule has 1 saturated carbocycles. The van der Waals surface area contributed by atoms with E-state index in [2.05, 4.69) is 15.1 Å². The molecule has 1 unspecified atom stereocenters. The van der Waals surface area contributed by atoms with Gasteiger partial charge in [0.05, 0.1) is 13.2 Å². The molecule has 0 aromatic carbocycles. The fourth-order valence-corrected chi connectivity index (χ4v) is 3.25. The van der Waals surface area contributed by atoms with Crippen molar-refractivity contribution in [3.8, 4) is 0 Å². The van der Waals surface area contributed by atoms with Crippen LogP contribution in [0.5, 0.6) is 0 Å². The number of nitrogens with one attached hydrogen (secondary N) is 1. The highest BCUT2D eigenvalue weighted by Crippen LogP contribution is 2.21. The van der Waals surface area contributed by atoms with Crippen LogP contribution in [0.2, 0.25) is 0 Å². The number of morpholine rings is 1. The summed E-state index contributed by atoms with van der Waals surface area (Å²) in [4.78, 5) is 5.21. The van der Waals surface area contributed by atoms with E-state index in [1.807, 2.05) is 0 Å². The maximum absolute atomic E-state index is 5.39. The summed E-state index contributed by atoms with van der Waals surface area (Å²) in [6, 6.07) is 0.871. The Labute approximate surface area is 117 Å². The van der Waals surface area contributed by atoms with Crippen LogP contribution in [0.1, 0.15) is 25.7 Å². The van der Waals surface area contributed by atoms with Gasteiger partial charge in [-0.15, -0.1) is 0 Å². The van der Waals surface area contributed by atoms with Crippen LogP contribution in [0.15, 0.2) is 0 Å². The maximum atomic E-state index is 5.39. The van der Waals surface area contributed by atoms with Crippen LogP contribution < -0.4 is 5.32 Å². The van der Waals surface area contributed by atoms with Crippen molar-refractivity contribution in [3.63, 3.8) is 0 Å². The molecule has 0 spiro atoms. The van der Waals surface area contributed by atoms with Gasteiger partial charge in [-0.1, -0.05) is 0 Å². The lowest BCUT2D eigenvalue weighted by molar-refractivity contribution is 0.0363. The van der Waals surface area contributed by atoms with Crippen molar-refractivity contribution >= 4 is 0 Å². The van der Waals surface area contributed by atoms with Crippen LogP contribution in [0.3, 0.4) is 0 Å². The number of nitrogens with zero attached hydrogens (tertiary/aromatic N) is 2. The van der Waals surface area contributed by atoms with Crippen LogP contribution in [0, 0.1) is 5.92 Å². The summed E-state index contributed by atoms with van der Waals surface area (Å²) in [6.45, 7) is 10.6. The summed E-state index contributed by atoms with van der Waals surface area (Å²) in [7, 11) is 0. The Morgan fingerprint density at radius 3 is 2.53 bits per heavy atom. The van der Waals surface area contributed by atoms with Gasteiger partial charge in [0.25, 0.3) is 0 Å². The molecule has 3 aliphatic rings. The van der Waals surface area contributed by atoms with E-state index in [1.54, 1.807) is 0 Å². The molecule has 3 fully saturated rings. The van der Waals surface area contributed by atoms with Crippen molar-refractivity contribution in [3.05, 3.63) is 0 Å². The molecule has 1 N–H and O–H groups in total. The van der Waals surface area contributed by atoms with Gasteiger partial charge in [0.15, 0.2) is 0 Å². The Morgan fingerprint density at radius 2 is 1.74 bits per heavy atom. The first-order chi connectivity index (χ1) is 9.40. The highest BCUT2D eigenvalue weighted by atomic mass is 16.5. The van der Waals surface area contributed by atoms with Crippen molar-refractivity contribution in [2.45, 2.75) is 31.7 Å². The first-order valence-electron chi connectivity index (χ1n) is 8.16. The van der Waals surface area contributed by atoms with E-state index >= 15 is 0 Å². The zero-order chi connectivity index (χ0) is 12.9. The smallest absolute Gasteiger partial charge is 0.0594 e. The van der Waals surface area contributed by atoms with E-state index in [1.165, 1.54) is 58.4 Å². The molecule has 0 amide bonds. The molecule has 0 aromatic rings. The molecule has 2 heterocycles. The molecular weight excluding hydrogens is 238 g/mol. The molecule has 0 radical (unpaired) electrons. The van der Waals surface area contributed by atoms with Crippen LogP contribution in [-0.4, -0.2) is 74.9 Å². The standard InChI is InChI=1S/C15H29N3O/c1(5-17-8-10-19-11-9-17)6-18-7-4-14(13-18)12-16-15-2-3-15/h14-16H,1-13H2. The molecule has 1 atom stereocenters. The lowest BCUT2D eigenvalue weighted by Crippen LogP contribution is -2.38. The Hall–Kier alpha value is -0.160. The van der Waals surface area contributed by atoms with E-state index < -0.39 is 0 Å². The summed E-state index contributed by atoms with van der Waals surface area (Å²) in [5.74, 6) is 0.906. The zero-order valence-corrected chi connectivity index (χ0v) is 12.1. The van der Waals surface area contributed by atoms with Gasteiger partial charge in [-0.05, 0) is 57.8 Å². The molecular formula is C15H29N3O. The van der Waals surface area contributed by atoms with Crippen LogP contribution in [-0.2, 0) is 4.74 Å².